The molecule has 1 aromatic heterocycles. The smallest absolute Gasteiger partial charge is 0.475 e. The first-order chi connectivity index (χ1) is 12.7. The fourth-order valence-corrected chi connectivity index (χ4v) is 3.72. The van der Waals surface area contributed by atoms with Crippen LogP contribution in [0.2, 0.25) is 0 Å². The van der Waals surface area contributed by atoms with Crippen molar-refractivity contribution in [3.05, 3.63) is 29.5 Å². The van der Waals surface area contributed by atoms with Gasteiger partial charge in [-0.3, -0.25) is 14.9 Å². The number of carboxylic acids is 1. The maximum absolute atomic E-state index is 10.6. The van der Waals surface area contributed by atoms with Crippen LogP contribution in [0.1, 0.15) is 24.1 Å². The maximum atomic E-state index is 10.6. The van der Waals surface area contributed by atoms with Gasteiger partial charge in [-0.05, 0) is 38.4 Å². The predicted octanol–water partition coefficient (Wildman–Crippen LogP) is 2.78. The van der Waals surface area contributed by atoms with E-state index in [1.807, 2.05) is 0 Å². The zero-order chi connectivity index (χ0) is 19.6. The van der Waals surface area contributed by atoms with Crippen molar-refractivity contribution in [2.75, 3.05) is 26.2 Å². The van der Waals surface area contributed by atoms with Gasteiger partial charge in [0.15, 0.2) is 0 Å². The molecule has 0 aliphatic carbocycles. The Morgan fingerprint density at radius 3 is 2.78 bits per heavy atom. The third-order valence-corrected chi connectivity index (χ3v) is 5.08. The average molecular weight is 384 g/mol. The lowest BCUT2D eigenvalue weighted by molar-refractivity contribution is -0.192. The van der Waals surface area contributed by atoms with Crippen molar-refractivity contribution in [1.82, 2.24) is 20.0 Å². The monoisotopic (exact) mass is 384 g/mol. The first-order valence-electron chi connectivity index (χ1n) is 8.94. The van der Waals surface area contributed by atoms with Gasteiger partial charge in [0.25, 0.3) is 0 Å². The number of aromatic amines is 1. The topological polar surface area (TPSA) is 72.5 Å². The third-order valence-electron chi connectivity index (χ3n) is 5.08. The molecule has 1 unspecified atom stereocenters. The summed E-state index contributed by atoms with van der Waals surface area (Å²) in [7, 11) is 0. The Balaban J connectivity index is 0.000000260. The average Bonchev–Trinajstić information content (AvgIpc) is 3.21. The van der Waals surface area contributed by atoms with E-state index >= 15 is 0 Å². The van der Waals surface area contributed by atoms with E-state index in [1.165, 1.54) is 55.7 Å². The lowest BCUT2D eigenvalue weighted by Crippen LogP contribution is -2.49. The van der Waals surface area contributed by atoms with Gasteiger partial charge in [-0.25, -0.2) is 4.79 Å². The number of fused-ring (bicyclic) bond motifs is 2. The van der Waals surface area contributed by atoms with Gasteiger partial charge in [-0.15, -0.1) is 0 Å². The molecule has 2 aromatic rings. The molecule has 27 heavy (non-hydrogen) atoms. The molecule has 2 saturated heterocycles. The van der Waals surface area contributed by atoms with Gasteiger partial charge in [0.1, 0.15) is 0 Å². The van der Waals surface area contributed by atoms with Crippen LogP contribution in [0, 0.1) is 6.92 Å². The van der Waals surface area contributed by atoms with Crippen LogP contribution in [-0.2, 0) is 11.3 Å². The molecule has 0 radical (unpaired) electrons. The van der Waals surface area contributed by atoms with E-state index in [-0.39, 0.29) is 0 Å². The van der Waals surface area contributed by atoms with Crippen molar-refractivity contribution in [2.24, 2.45) is 0 Å². The number of hydrogen-bond donors (Lipinski definition) is 2. The number of aryl methyl sites for hydroxylation is 1. The highest BCUT2D eigenvalue weighted by atomic mass is 19.4. The molecule has 0 spiro atoms. The Kier molecular flexibility index (Phi) is 5.71. The van der Waals surface area contributed by atoms with Crippen LogP contribution in [0.3, 0.4) is 0 Å². The minimum Gasteiger partial charge on any atom is -0.475 e. The van der Waals surface area contributed by atoms with Crippen LogP contribution >= 0.6 is 0 Å². The number of aliphatic carboxylic acids is 1. The summed E-state index contributed by atoms with van der Waals surface area (Å²) in [4.78, 5) is 14.1. The van der Waals surface area contributed by atoms with Gasteiger partial charge in [0, 0.05) is 37.6 Å². The van der Waals surface area contributed by atoms with Gasteiger partial charge in [0.2, 0.25) is 0 Å². The molecule has 1 aromatic carbocycles. The predicted molar refractivity (Wildman–Crippen MR) is 94.4 cm³/mol. The number of carbonyl (C=O) groups is 1. The zero-order valence-electron chi connectivity index (χ0n) is 15.1. The van der Waals surface area contributed by atoms with E-state index in [0.29, 0.717) is 0 Å². The highest BCUT2D eigenvalue weighted by Gasteiger charge is 2.38. The molecule has 0 amide bonds. The van der Waals surface area contributed by atoms with Crippen molar-refractivity contribution in [3.8, 4) is 0 Å². The Morgan fingerprint density at radius 1 is 1.33 bits per heavy atom. The lowest BCUT2D eigenvalue weighted by atomic mass is 10.1. The molecule has 2 aliphatic heterocycles. The highest BCUT2D eigenvalue weighted by Crippen LogP contribution is 2.24. The third kappa shape index (κ3) is 4.78. The Morgan fingerprint density at radius 2 is 2.07 bits per heavy atom. The van der Waals surface area contributed by atoms with Crippen LogP contribution in [0.25, 0.3) is 10.9 Å². The van der Waals surface area contributed by atoms with E-state index in [0.717, 1.165) is 18.1 Å². The van der Waals surface area contributed by atoms with Crippen LogP contribution < -0.4 is 0 Å². The number of carboxylic acid groups (broad SMARTS) is 1. The Hall–Kier alpha value is -2.13. The number of nitrogens with zero attached hydrogens (tertiary/aromatic N) is 3. The van der Waals surface area contributed by atoms with Gasteiger partial charge in [0.05, 0.1) is 11.2 Å². The fourth-order valence-electron chi connectivity index (χ4n) is 3.72. The summed E-state index contributed by atoms with van der Waals surface area (Å²) in [5.74, 6) is -2.76. The second kappa shape index (κ2) is 7.85. The molecule has 2 aliphatic rings. The Labute approximate surface area is 154 Å². The minimum absolute atomic E-state index is 0.791. The molecule has 6 nitrogen and oxygen atoms in total. The second-order valence-electron chi connectivity index (χ2n) is 7.09. The number of halogens is 3. The summed E-state index contributed by atoms with van der Waals surface area (Å²) < 4.78 is 31.7. The van der Waals surface area contributed by atoms with Gasteiger partial charge in [-0.2, -0.15) is 18.3 Å². The van der Waals surface area contributed by atoms with Crippen LogP contribution in [-0.4, -0.2) is 69.5 Å². The van der Waals surface area contributed by atoms with Crippen LogP contribution in [0.5, 0.6) is 0 Å². The van der Waals surface area contributed by atoms with Crippen LogP contribution in [0.4, 0.5) is 13.2 Å². The number of piperazine rings is 1. The van der Waals surface area contributed by atoms with Gasteiger partial charge >= 0.3 is 12.1 Å². The van der Waals surface area contributed by atoms with Crippen molar-refractivity contribution < 1.29 is 23.1 Å². The summed E-state index contributed by atoms with van der Waals surface area (Å²) in [6.07, 6.45) is -2.33. The van der Waals surface area contributed by atoms with Crippen molar-refractivity contribution in [1.29, 1.82) is 0 Å². The minimum atomic E-state index is -5.08. The van der Waals surface area contributed by atoms with E-state index in [9.17, 15) is 13.2 Å². The molecule has 4 rings (SSSR count). The lowest BCUT2D eigenvalue weighted by Gasteiger charge is -2.37. The number of hydrogen-bond acceptors (Lipinski definition) is 4. The molecular formula is C18H23F3N4O2. The number of alkyl halides is 3. The number of rotatable bonds is 2. The molecule has 0 bridgehead atoms. The van der Waals surface area contributed by atoms with Crippen molar-refractivity contribution >= 4 is 16.9 Å². The molecule has 2 fully saturated rings. The molecule has 3 heterocycles. The zero-order valence-corrected chi connectivity index (χ0v) is 15.1. The Bertz CT molecular complexity index is 805. The second-order valence-corrected chi connectivity index (χ2v) is 7.09. The molecule has 9 heteroatoms. The highest BCUT2D eigenvalue weighted by molar-refractivity contribution is 5.81. The molecule has 148 valence electrons. The summed E-state index contributed by atoms with van der Waals surface area (Å²) in [6, 6.07) is 7.28. The fraction of sp³-hybridized carbons (Fsp3) is 0.556. The van der Waals surface area contributed by atoms with Crippen molar-refractivity contribution in [3.63, 3.8) is 0 Å². The van der Waals surface area contributed by atoms with Gasteiger partial charge in [-0.1, -0.05) is 11.6 Å². The molecule has 2 N–H and O–H groups in total. The quantitative estimate of drug-likeness (QED) is 0.833. The molecule has 0 saturated carbocycles. The van der Waals surface area contributed by atoms with Gasteiger partial charge < -0.3 is 5.11 Å². The van der Waals surface area contributed by atoms with E-state index < -0.39 is 12.1 Å². The standard InChI is InChI=1S/C16H22N4.C2HF3O2/c1-12-4-5-15-14(9-12)16(18-17-15)11-19-7-8-20-6-2-3-13(20)10-19;3-2(4,5)1(6)7/h4-5,9,13H,2-3,6-8,10-11H2,1H3,(H,17,18);(H,6,7). The number of nitrogens with one attached hydrogen (secondary N) is 1. The SMILES string of the molecule is Cc1ccc2n[nH]c(CN3CCN4CCCC4C3)c2c1.O=C(O)C(F)(F)F. The summed E-state index contributed by atoms with van der Waals surface area (Å²) in [6.45, 7) is 8.09. The van der Waals surface area contributed by atoms with Crippen molar-refractivity contribution in [2.45, 2.75) is 38.5 Å². The number of benzene rings is 1. The van der Waals surface area contributed by atoms with Crippen LogP contribution in [0.15, 0.2) is 18.2 Å². The first kappa shape index (κ1) is 19.6. The summed E-state index contributed by atoms with van der Waals surface area (Å²) in [5.41, 5.74) is 3.67. The van der Waals surface area contributed by atoms with E-state index in [1.54, 1.807) is 0 Å². The normalized spacial score (nSPS) is 21.0. The number of H-pyrrole nitrogens is 1. The van der Waals surface area contributed by atoms with E-state index in [4.69, 9.17) is 9.90 Å². The number of aromatic nitrogens is 2. The largest absolute Gasteiger partial charge is 0.490 e. The van der Waals surface area contributed by atoms with E-state index in [2.05, 4.69) is 45.1 Å². The molecule has 1 atom stereocenters. The summed E-state index contributed by atoms with van der Waals surface area (Å²) >= 11 is 0. The first-order valence-corrected chi connectivity index (χ1v) is 8.94. The summed E-state index contributed by atoms with van der Waals surface area (Å²) in [5, 5.41) is 16.1. The maximum Gasteiger partial charge on any atom is 0.490 e. The molecular weight excluding hydrogens is 361 g/mol.